The van der Waals surface area contributed by atoms with Gasteiger partial charge in [0.25, 0.3) is 0 Å². The lowest BCUT2D eigenvalue weighted by molar-refractivity contribution is -0.0254. The summed E-state index contributed by atoms with van der Waals surface area (Å²) in [6.45, 7) is 12.3. The van der Waals surface area contributed by atoms with Crippen molar-refractivity contribution >= 4 is 0 Å². The van der Waals surface area contributed by atoms with Gasteiger partial charge in [-0.3, -0.25) is 9.58 Å². The van der Waals surface area contributed by atoms with Gasteiger partial charge in [-0.05, 0) is 26.0 Å². The fourth-order valence-electron chi connectivity index (χ4n) is 2.46. The number of hydrogen-bond acceptors (Lipinski definition) is 4. The van der Waals surface area contributed by atoms with Crippen LogP contribution >= 0.6 is 0 Å². The van der Waals surface area contributed by atoms with Crippen LogP contribution in [0.1, 0.15) is 38.9 Å². The normalized spacial score (nSPS) is 22.1. The molecule has 0 radical (unpaired) electrons. The average molecular weight is 280 g/mol. The average Bonchev–Trinajstić information content (AvgIpc) is 2.95. The Hall–Kier alpha value is -0.910. The van der Waals surface area contributed by atoms with Gasteiger partial charge in [0.15, 0.2) is 0 Å². The monoisotopic (exact) mass is 280 g/mol. The number of aromatic nitrogens is 2. The summed E-state index contributed by atoms with van der Waals surface area (Å²) in [5, 5.41) is 8.06. The highest BCUT2D eigenvalue weighted by molar-refractivity contribution is 4.99. The Morgan fingerprint density at radius 1 is 1.50 bits per heavy atom. The Morgan fingerprint density at radius 3 is 3.10 bits per heavy atom. The maximum absolute atomic E-state index is 5.78. The second-order valence-corrected chi connectivity index (χ2v) is 5.56. The van der Waals surface area contributed by atoms with Crippen LogP contribution in [-0.2, 0) is 11.3 Å². The molecule has 0 aliphatic carbocycles. The van der Waals surface area contributed by atoms with Crippen LogP contribution in [-0.4, -0.2) is 53.6 Å². The molecule has 5 nitrogen and oxygen atoms in total. The number of nitrogens with one attached hydrogen (secondary N) is 1. The van der Waals surface area contributed by atoms with Gasteiger partial charge in [0.1, 0.15) is 0 Å². The summed E-state index contributed by atoms with van der Waals surface area (Å²) in [4.78, 5) is 2.44. The van der Waals surface area contributed by atoms with Crippen LogP contribution in [0.25, 0.3) is 0 Å². The molecular weight excluding hydrogens is 252 g/mol. The van der Waals surface area contributed by atoms with Gasteiger partial charge in [-0.2, -0.15) is 5.10 Å². The number of morpholine rings is 1. The van der Waals surface area contributed by atoms with E-state index in [0.717, 1.165) is 51.4 Å². The first kappa shape index (κ1) is 15.5. The van der Waals surface area contributed by atoms with Crippen molar-refractivity contribution in [3.05, 3.63) is 18.0 Å². The van der Waals surface area contributed by atoms with Crippen molar-refractivity contribution in [2.75, 3.05) is 32.8 Å². The maximum atomic E-state index is 5.78. The third-order valence-electron chi connectivity index (χ3n) is 4.05. The Kier molecular flexibility index (Phi) is 6.01. The standard InChI is InChI=1S/C15H28N4O/c1-4-13(3)19-7-6-14(17-19)10-16-11-15-12-18(5-2)8-9-20-15/h6-7,13,15-16H,4-5,8-12H2,1-3H3. The molecule has 1 N–H and O–H groups in total. The first-order valence-electron chi connectivity index (χ1n) is 7.81. The van der Waals surface area contributed by atoms with Crippen molar-refractivity contribution < 1.29 is 4.74 Å². The summed E-state index contributed by atoms with van der Waals surface area (Å²) in [6.07, 6.45) is 3.48. The number of hydrogen-bond donors (Lipinski definition) is 1. The summed E-state index contributed by atoms with van der Waals surface area (Å²) in [5.74, 6) is 0. The molecule has 0 saturated carbocycles. The van der Waals surface area contributed by atoms with E-state index in [1.807, 2.05) is 4.68 Å². The lowest BCUT2D eigenvalue weighted by atomic mass is 10.2. The zero-order valence-corrected chi connectivity index (χ0v) is 13.0. The molecule has 114 valence electrons. The molecule has 5 heteroatoms. The first-order chi connectivity index (χ1) is 9.72. The van der Waals surface area contributed by atoms with Crippen LogP contribution < -0.4 is 5.32 Å². The molecule has 2 unspecified atom stereocenters. The second kappa shape index (κ2) is 7.76. The van der Waals surface area contributed by atoms with Crippen LogP contribution in [0.2, 0.25) is 0 Å². The van der Waals surface area contributed by atoms with Gasteiger partial charge >= 0.3 is 0 Å². The van der Waals surface area contributed by atoms with Gasteiger partial charge < -0.3 is 10.1 Å². The van der Waals surface area contributed by atoms with Gasteiger partial charge in [-0.25, -0.2) is 0 Å². The molecule has 1 aromatic heterocycles. The zero-order valence-electron chi connectivity index (χ0n) is 13.0. The van der Waals surface area contributed by atoms with E-state index in [1.54, 1.807) is 0 Å². The van der Waals surface area contributed by atoms with E-state index in [-0.39, 0.29) is 0 Å². The van der Waals surface area contributed by atoms with Crippen LogP contribution in [0, 0.1) is 0 Å². The largest absolute Gasteiger partial charge is 0.374 e. The molecule has 1 saturated heterocycles. The minimum Gasteiger partial charge on any atom is -0.374 e. The summed E-state index contributed by atoms with van der Waals surface area (Å²) >= 11 is 0. The molecule has 2 rings (SSSR count). The van der Waals surface area contributed by atoms with E-state index >= 15 is 0 Å². The summed E-state index contributed by atoms with van der Waals surface area (Å²) in [6, 6.07) is 2.57. The van der Waals surface area contributed by atoms with Crippen molar-refractivity contribution in [2.24, 2.45) is 0 Å². The Balaban J connectivity index is 1.71. The fourth-order valence-corrected chi connectivity index (χ4v) is 2.46. The lowest BCUT2D eigenvalue weighted by Gasteiger charge is -2.32. The Morgan fingerprint density at radius 2 is 2.35 bits per heavy atom. The predicted octanol–water partition coefficient (Wildman–Crippen LogP) is 1.66. The minimum absolute atomic E-state index is 0.306. The first-order valence-corrected chi connectivity index (χ1v) is 7.81. The van der Waals surface area contributed by atoms with E-state index in [4.69, 9.17) is 4.74 Å². The molecule has 2 atom stereocenters. The molecule has 1 aliphatic rings. The van der Waals surface area contributed by atoms with E-state index < -0.39 is 0 Å². The molecule has 0 amide bonds. The third-order valence-corrected chi connectivity index (χ3v) is 4.05. The Bertz CT molecular complexity index is 393. The minimum atomic E-state index is 0.306. The van der Waals surface area contributed by atoms with Crippen LogP contribution in [0.4, 0.5) is 0 Å². The molecule has 1 aliphatic heterocycles. The van der Waals surface area contributed by atoms with Crippen molar-refractivity contribution in [1.82, 2.24) is 20.0 Å². The number of likely N-dealkylation sites (N-methyl/N-ethyl adjacent to an activating group) is 1. The van der Waals surface area contributed by atoms with Crippen molar-refractivity contribution in [2.45, 2.75) is 45.9 Å². The number of nitrogens with zero attached hydrogens (tertiary/aromatic N) is 3. The van der Waals surface area contributed by atoms with Crippen LogP contribution in [0.5, 0.6) is 0 Å². The van der Waals surface area contributed by atoms with Gasteiger partial charge in [0.2, 0.25) is 0 Å². The molecule has 2 heterocycles. The molecule has 0 bridgehead atoms. The van der Waals surface area contributed by atoms with E-state index in [9.17, 15) is 0 Å². The van der Waals surface area contributed by atoms with E-state index in [0.29, 0.717) is 12.1 Å². The fraction of sp³-hybridized carbons (Fsp3) is 0.800. The molecule has 0 aromatic carbocycles. The van der Waals surface area contributed by atoms with Gasteiger partial charge in [0.05, 0.1) is 18.4 Å². The SMILES string of the molecule is CCC(C)n1ccc(CNCC2CN(CC)CCO2)n1. The lowest BCUT2D eigenvalue weighted by Crippen LogP contribution is -2.46. The van der Waals surface area contributed by atoms with Crippen molar-refractivity contribution in [3.63, 3.8) is 0 Å². The van der Waals surface area contributed by atoms with Gasteiger partial charge in [-0.1, -0.05) is 13.8 Å². The molecule has 1 aromatic rings. The smallest absolute Gasteiger partial charge is 0.0826 e. The van der Waals surface area contributed by atoms with Crippen molar-refractivity contribution in [3.8, 4) is 0 Å². The Labute approximate surface area is 122 Å². The third kappa shape index (κ3) is 4.30. The van der Waals surface area contributed by atoms with Crippen LogP contribution in [0.15, 0.2) is 12.3 Å². The molecule has 20 heavy (non-hydrogen) atoms. The van der Waals surface area contributed by atoms with E-state index in [1.165, 1.54) is 0 Å². The summed E-state index contributed by atoms with van der Waals surface area (Å²) in [7, 11) is 0. The molecule has 0 spiro atoms. The van der Waals surface area contributed by atoms with Gasteiger partial charge in [0, 0.05) is 38.4 Å². The highest BCUT2D eigenvalue weighted by Gasteiger charge is 2.18. The van der Waals surface area contributed by atoms with E-state index in [2.05, 4.69) is 48.3 Å². The quantitative estimate of drug-likeness (QED) is 0.825. The summed E-state index contributed by atoms with van der Waals surface area (Å²) in [5.41, 5.74) is 1.11. The van der Waals surface area contributed by atoms with Gasteiger partial charge in [-0.15, -0.1) is 0 Å². The summed E-state index contributed by atoms with van der Waals surface area (Å²) < 4.78 is 7.83. The second-order valence-electron chi connectivity index (χ2n) is 5.56. The number of ether oxygens (including phenoxy) is 1. The predicted molar refractivity (Wildman–Crippen MR) is 80.8 cm³/mol. The highest BCUT2D eigenvalue weighted by atomic mass is 16.5. The molecular formula is C15H28N4O. The molecule has 1 fully saturated rings. The number of rotatable bonds is 7. The van der Waals surface area contributed by atoms with Crippen molar-refractivity contribution in [1.29, 1.82) is 0 Å². The zero-order chi connectivity index (χ0) is 14.4. The topological polar surface area (TPSA) is 42.3 Å². The maximum Gasteiger partial charge on any atom is 0.0826 e. The highest BCUT2D eigenvalue weighted by Crippen LogP contribution is 2.09. The van der Waals surface area contributed by atoms with Crippen LogP contribution in [0.3, 0.4) is 0 Å².